The Morgan fingerprint density at radius 3 is 2.95 bits per heavy atom. The third-order valence-electron chi connectivity index (χ3n) is 3.51. The highest BCUT2D eigenvalue weighted by Gasteiger charge is 2.26. The number of Topliss-reactive ketones (excluding diaryl/α,β-unsaturated/α-hetero) is 1. The molecule has 1 aliphatic rings. The quantitative estimate of drug-likeness (QED) is 0.639. The van der Waals surface area contributed by atoms with Crippen molar-refractivity contribution in [2.24, 2.45) is 0 Å². The average Bonchev–Trinajstić information content (AvgIpc) is 3.16. The van der Waals surface area contributed by atoms with E-state index in [1.165, 1.54) is 0 Å². The van der Waals surface area contributed by atoms with E-state index < -0.39 is 0 Å². The second kappa shape index (κ2) is 6.73. The van der Waals surface area contributed by atoms with Crippen molar-refractivity contribution in [3.8, 4) is 10.4 Å². The van der Waals surface area contributed by atoms with Crippen LogP contribution in [0.3, 0.4) is 0 Å². The zero-order valence-electron chi connectivity index (χ0n) is 11.7. The van der Waals surface area contributed by atoms with Crippen LogP contribution in [0.25, 0.3) is 10.4 Å². The number of hydrogen-bond donors (Lipinski definition) is 1. The molecule has 1 aliphatic heterocycles. The number of esters is 1. The van der Waals surface area contributed by atoms with Gasteiger partial charge in [-0.05, 0) is 29.6 Å². The minimum atomic E-state index is -0.371. The summed E-state index contributed by atoms with van der Waals surface area (Å²) in [6.07, 6.45) is 0.615. The van der Waals surface area contributed by atoms with Gasteiger partial charge in [0.25, 0.3) is 0 Å². The van der Waals surface area contributed by atoms with Crippen LogP contribution in [0.1, 0.15) is 16.8 Å². The normalized spacial score (nSPS) is 17.5. The van der Waals surface area contributed by atoms with E-state index in [4.69, 9.17) is 4.74 Å². The van der Waals surface area contributed by atoms with E-state index in [2.05, 4.69) is 21.2 Å². The molecule has 1 N–H and O–H groups in total. The molecular weight excluding hydrogens is 366 g/mol. The van der Waals surface area contributed by atoms with Gasteiger partial charge in [-0.15, -0.1) is 11.3 Å². The molecule has 1 aromatic carbocycles. The Kier molecular flexibility index (Phi) is 4.71. The predicted octanol–water partition coefficient (Wildman–Crippen LogP) is 3.27. The van der Waals surface area contributed by atoms with Crippen LogP contribution >= 0.6 is 27.3 Å². The number of cyclic esters (lactones) is 1. The molecule has 0 amide bonds. The lowest BCUT2D eigenvalue weighted by Crippen LogP contribution is -2.36. The Morgan fingerprint density at radius 1 is 1.41 bits per heavy atom. The Labute approximate surface area is 140 Å². The highest BCUT2D eigenvalue weighted by molar-refractivity contribution is 9.10. The van der Waals surface area contributed by atoms with Gasteiger partial charge in [-0.2, -0.15) is 0 Å². The number of rotatable bonds is 5. The van der Waals surface area contributed by atoms with Crippen LogP contribution in [-0.4, -0.2) is 30.9 Å². The molecule has 1 atom stereocenters. The van der Waals surface area contributed by atoms with Crippen LogP contribution in [0.5, 0.6) is 0 Å². The Morgan fingerprint density at radius 2 is 2.27 bits per heavy atom. The number of benzene rings is 1. The summed E-state index contributed by atoms with van der Waals surface area (Å²) in [5.74, 6) is -0.308. The van der Waals surface area contributed by atoms with Crippen LogP contribution in [0.2, 0.25) is 0 Å². The molecule has 2 heterocycles. The molecule has 1 saturated heterocycles. The molecule has 114 valence electrons. The fourth-order valence-corrected chi connectivity index (χ4v) is 3.51. The third-order valence-corrected chi connectivity index (χ3v) is 4.91. The lowest BCUT2D eigenvalue weighted by Gasteiger charge is -2.11. The first-order valence-corrected chi connectivity index (χ1v) is 8.59. The minimum Gasteiger partial charge on any atom is -0.464 e. The molecule has 0 unspecified atom stereocenters. The molecule has 0 bridgehead atoms. The molecule has 4 nitrogen and oxygen atoms in total. The van der Waals surface area contributed by atoms with Gasteiger partial charge >= 0.3 is 5.97 Å². The maximum absolute atomic E-state index is 12.5. The zero-order chi connectivity index (χ0) is 15.5. The topological polar surface area (TPSA) is 55.4 Å². The van der Waals surface area contributed by atoms with E-state index in [1.54, 1.807) is 11.3 Å². The fraction of sp³-hybridized carbons (Fsp3) is 0.250. The number of hydrogen-bond acceptors (Lipinski definition) is 5. The van der Waals surface area contributed by atoms with E-state index in [0.29, 0.717) is 18.6 Å². The average molecular weight is 380 g/mol. The van der Waals surface area contributed by atoms with Crippen LogP contribution in [0, 0.1) is 0 Å². The van der Waals surface area contributed by atoms with Crippen molar-refractivity contribution in [2.75, 3.05) is 13.2 Å². The Balaban J connectivity index is 1.79. The van der Waals surface area contributed by atoms with Crippen molar-refractivity contribution in [3.63, 3.8) is 0 Å². The predicted molar refractivity (Wildman–Crippen MR) is 89.2 cm³/mol. The van der Waals surface area contributed by atoms with Crippen molar-refractivity contribution < 1.29 is 14.3 Å². The second-order valence-corrected chi connectivity index (χ2v) is 6.84. The van der Waals surface area contributed by atoms with Crippen LogP contribution in [0.15, 0.2) is 40.2 Å². The molecule has 3 rings (SSSR count). The first-order chi connectivity index (χ1) is 10.6. The van der Waals surface area contributed by atoms with Gasteiger partial charge in [0, 0.05) is 26.9 Å². The fourth-order valence-electron chi connectivity index (χ4n) is 2.39. The van der Waals surface area contributed by atoms with Crippen molar-refractivity contribution >= 4 is 39.0 Å². The standard InChI is InChI=1S/C16H14BrNO3S/c17-10-3-4-11(12(8-10)15-2-1-7-22-15)14(19)9-18-13-5-6-21-16(13)20/h1-4,7-8,13,18H,5-6,9H2/t13-/m0/s1. The molecule has 1 fully saturated rings. The van der Waals surface area contributed by atoms with Gasteiger partial charge in [0.1, 0.15) is 6.04 Å². The van der Waals surface area contributed by atoms with E-state index in [-0.39, 0.29) is 24.3 Å². The lowest BCUT2D eigenvalue weighted by molar-refractivity contribution is -0.139. The number of thiophene rings is 1. The minimum absolute atomic E-state index is 0.0319. The summed E-state index contributed by atoms with van der Waals surface area (Å²) in [6.45, 7) is 0.545. The van der Waals surface area contributed by atoms with Crippen LogP contribution < -0.4 is 5.32 Å². The van der Waals surface area contributed by atoms with E-state index in [0.717, 1.165) is 14.9 Å². The molecule has 0 aliphatic carbocycles. The van der Waals surface area contributed by atoms with Crippen LogP contribution in [-0.2, 0) is 9.53 Å². The number of carbonyl (C=O) groups is 2. The van der Waals surface area contributed by atoms with Gasteiger partial charge < -0.3 is 4.74 Å². The molecule has 22 heavy (non-hydrogen) atoms. The highest BCUT2D eigenvalue weighted by Crippen LogP contribution is 2.31. The summed E-state index contributed by atoms with van der Waals surface area (Å²) in [7, 11) is 0. The van der Waals surface area contributed by atoms with Crippen molar-refractivity contribution in [2.45, 2.75) is 12.5 Å². The molecule has 1 aromatic heterocycles. The zero-order valence-corrected chi connectivity index (χ0v) is 14.1. The summed E-state index contributed by atoms with van der Waals surface area (Å²) < 4.78 is 5.81. The van der Waals surface area contributed by atoms with Gasteiger partial charge in [-0.25, -0.2) is 0 Å². The molecule has 0 radical (unpaired) electrons. The number of ether oxygens (including phenoxy) is 1. The largest absolute Gasteiger partial charge is 0.464 e. The van der Waals surface area contributed by atoms with Gasteiger partial charge in [-0.1, -0.05) is 22.0 Å². The Bertz CT molecular complexity index is 699. The first-order valence-electron chi connectivity index (χ1n) is 6.92. The van der Waals surface area contributed by atoms with Gasteiger partial charge in [0.15, 0.2) is 5.78 Å². The summed E-state index contributed by atoms with van der Waals surface area (Å²) in [6, 6.07) is 9.20. The van der Waals surface area contributed by atoms with E-state index >= 15 is 0 Å². The van der Waals surface area contributed by atoms with Gasteiger partial charge in [0.05, 0.1) is 13.2 Å². The number of halogens is 1. The number of carbonyl (C=O) groups excluding carboxylic acids is 2. The third kappa shape index (κ3) is 3.29. The molecule has 6 heteroatoms. The Hall–Kier alpha value is -1.50. The summed E-state index contributed by atoms with van der Waals surface area (Å²) in [4.78, 5) is 25.0. The highest BCUT2D eigenvalue weighted by atomic mass is 79.9. The van der Waals surface area contributed by atoms with Crippen molar-refractivity contribution in [1.82, 2.24) is 5.32 Å². The summed E-state index contributed by atoms with van der Waals surface area (Å²) in [5, 5.41) is 4.97. The molecule has 0 saturated carbocycles. The van der Waals surface area contributed by atoms with Crippen LogP contribution in [0.4, 0.5) is 0 Å². The molecule has 0 spiro atoms. The van der Waals surface area contributed by atoms with E-state index in [9.17, 15) is 9.59 Å². The summed E-state index contributed by atoms with van der Waals surface area (Å²) in [5.41, 5.74) is 1.56. The van der Waals surface area contributed by atoms with E-state index in [1.807, 2.05) is 35.7 Å². The van der Waals surface area contributed by atoms with Crippen molar-refractivity contribution in [3.05, 3.63) is 45.7 Å². The van der Waals surface area contributed by atoms with Gasteiger partial charge in [-0.3, -0.25) is 14.9 Å². The molecule has 2 aromatic rings. The number of nitrogens with one attached hydrogen (secondary N) is 1. The maximum Gasteiger partial charge on any atom is 0.323 e. The maximum atomic E-state index is 12.5. The SMILES string of the molecule is O=C(CN[C@H]1CCOC1=O)c1ccc(Br)cc1-c1cccs1. The lowest BCUT2D eigenvalue weighted by atomic mass is 10.0. The first kappa shape index (κ1) is 15.4. The molecular formula is C16H14BrNO3S. The second-order valence-electron chi connectivity index (χ2n) is 4.98. The smallest absolute Gasteiger partial charge is 0.323 e. The monoisotopic (exact) mass is 379 g/mol. The number of ketones is 1. The van der Waals surface area contributed by atoms with Gasteiger partial charge in [0.2, 0.25) is 0 Å². The van der Waals surface area contributed by atoms with Crippen molar-refractivity contribution in [1.29, 1.82) is 0 Å². The summed E-state index contributed by atoms with van der Waals surface area (Å²) >= 11 is 5.04.